The Labute approximate surface area is 165 Å². The van der Waals surface area contributed by atoms with Crippen LogP contribution in [0.3, 0.4) is 0 Å². The average molecular weight is 387 g/mol. The van der Waals surface area contributed by atoms with Crippen molar-refractivity contribution in [3.8, 4) is 5.75 Å². The van der Waals surface area contributed by atoms with Gasteiger partial charge in [0, 0.05) is 13.6 Å². The summed E-state index contributed by atoms with van der Waals surface area (Å²) in [6.07, 6.45) is 1.93. The first-order chi connectivity index (χ1) is 13.5. The van der Waals surface area contributed by atoms with Crippen molar-refractivity contribution >= 4 is 23.7 Å². The molecule has 0 amide bonds. The van der Waals surface area contributed by atoms with Crippen molar-refractivity contribution in [3.05, 3.63) is 54.3 Å². The van der Waals surface area contributed by atoms with E-state index in [0.717, 1.165) is 11.4 Å². The second-order valence-corrected chi connectivity index (χ2v) is 6.13. The number of carbonyl (C=O) groups is 1. The van der Waals surface area contributed by atoms with Crippen LogP contribution in [0.25, 0.3) is 0 Å². The lowest BCUT2D eigenvalue weighted by molar-refractivity contribution is -0.141. The van der Waals surface area contributed by atoms with Crippen LogP contribution >= 0.6 is 0 Å². The van der Waals surface area contributed by atoms with E-state index in [0.29, 0.717) is 31.9 Å². The molecule has 2 aromatic carbocycles. The van der Waals surface area contributed by atoms with Crippen LogP contribution in [-0.4, -0.2) is 45.7 Å². The van der Waals surface area contributed by atoms with E-state index in [1.54, 1.807) is 28.9 Å². The molecule has 28 heavy (non-hydrogen) atoms. The number of hydrogen-bond acceptors (Lipinski definition) is 5. The lowest BCUT2D eigenvalue weighted by atomic mass is 10.2. The molecule has 150 valence electrons. The zero-order chi connectivity index (χ0) is 20.4. The largest absolute Gasteiger partial charge is 0.494 e. The fourth-order valence-electron chi connectivity index (χ4n) is 2.73. The molecule has 7 heteroatoms. The molecule has 2 aromatic rings. The number of likely N-dealkylation sites (N-methyl/N-ethyl adjacent to an activating group) is 1. The average Bonchev–Trinajstić information content (AvgIpc) is 2.69. The zero-order valence-electron chi connectivity index (χ0n) is 16.2. The number of anilines is 2. The maximum atomic E-state index is 12.9. The summed E-state index contributed by atoms with van der Waals surface area (Å²) in [5, 5.41) is 7.77. The van der Waals surface area contributed by atoms with Crippen molar-refractivity contribution in [1.82, 2.24) is 0 Å². The van der Waals surface area contributed by atoms with Crippen LogP contribution in [0.2, 0.25) is 0 Å². The normalized spacial score (nSPS) is 10.2. The first kappa shape index (κ1) is 21.2. The molecule has 0 heterocycles. The lowest BCUT2D eigenvalue weighted by Crippen LogP contribution is -2.30. The predicted octanol–water partition coefficient (Wildman–Crippen LogP) is 3.71. The van der Waals surface area contributed by atoms with E-state index in [1.807, 2.05) is 31.3 Å². The summed E-state index contributed by atoms with van der Waals surface area (Å²) >= 11 is 0. The summed E-state index contributed by atoms with van der Waals surface area (Å²) in [4.78, 5) is 15.4. The number of para-hydroxylation sites is 2. The Morgan fingerprint density at radius 2 is 1.82 bits per heavy atom. The van der Waals surface area contributed by atoms with Crippen LogP contribution in [-0.2, 0) is 9.53 Å². The van der Waals surface area contributed by atoms with Crippen molar-refractivity contribution in [2.75, 3.05) is 43.2 Å². The van der Waals surface area contributed by atoms with E-state index in [1.165, 1.54) is 18.5 Å². The van der Waals surface area contributed by atoms with Crippen molar-refractivity contribution in [2.45, 2.75) is 13.3 Å². The number of rotatable bonds is 11. The number of nitrogens with one attached hydrogen (secondary N) is 1. The third kappa shape index (κ3) is 6.26. The fourth-order valence-corrected chi connectivity index (χ4v) is 2.73. The molecule has 0 saturated carbocycles. The minimum atomic E-state index is -0.300. The highest BCUT2D eigenvalue weighted by atomic mass is 19.1. The molecule has 0 bridgehead atoms. The Kier molecular flexibility index (Phi) is 8.27. The molecule has 0 aliphatic rings. The van der Waals surface area contributed by atoms with Gasteiger partial charge < -0.3 is 19.3 Å². The minimum Gasteiger partial charge on any atom is -0.494 e. The Balaban J connectivity index is 1.96. The number of ether oxygens (including phenoxy) is 2. The smallest absolute Gasteiger partial charge is 0.325 e. The van der Waals surface area contributed by atoms with Gasteiger partial charge in [0.2, 0.25) is 0 Å². The number of benzene rings is 2. The van der Waals surface area contributed by atoms with Gasteiger partial charge in [-0.1, -0.05) is 12.1 Å². The van der Waals surface area contributed by atoms with E-state index in [9.17, 15) is 9.18 Å². The highest BCUT2D eigenvalue weighted by Crippen LogP contribution is 2.28. The molecular weight excluding hydrogens is 361 g/mol. The van der Waals surface area contributed by atoms with E-state index in [4.69, 9.17) is 14.9 Å². The maximum absolute atomic E-state index is 12.9. The van der Waals surface area contributed by atoms with E-state index in [2.05, 4.69) is 0 Å². The molecule has 1 N–H and O–H groups in total. The van der Waals surface area contributed by atoms with Crippen LogP contribution in [0.15, 0.2) is 48.5 Å². The van der Waals surface area contributed by atoms with Gasteiger partial charge >= 0.3 is 5.97 Å². The maximum Gasteiger partial charge on any atom is 0.325 e. The molecule has 0 aliphatic heterocycles. The number of halogens is 1. The monoisotopic (exact) mass is 387 g/mol. The van der Waals surface area contributed by atoms with Gasteiger partial charge in [-0.05, 0) is 49.7 Å². The van der Waals surface area contributed by atoms with Gasteiger partial charge in [0.15, 0.2) is 0 Å². The summed E-state index contributed by atoms with van der Waals surface area (Å²) in [5.74, 6) is 0.0113. The SMILES string of the molecule is CCOC(=O)CN(C)c1ccccc1N(C=N)CCCOc1ccc(F)cc1. The third-order valence-corrected chi connectivity index (χ3v) is 4.06. The molecule has 0 unspecified atom stereocenters. The van der Waals surface area contributed by atoms with Gasteiger partial charge in [-0.15, -0.1) is 0 Å². The number of hydrogen-bond donors (Lipinski definition) is 1. The summed E-state index contributed by atoms with van der Waals surface area (Å²) in [7, 11) is 1.82. The van der Waals surface area contributed by atoms with E-state index >= 15 is 0 Å². The van der Waals surface area contributed by atoms with Gasteiger partial charge in [0.1, 0.15) is 18.1 Å². The highest BCUT2D eigenvalue weighted by Gasteiger charge is 2.15. The van der Waals surface area contributed by atoms with Crippen LogP contribution < -0.4 is 14.5 Å². The van der Waals surface area contributed by atoms with Gasteiger partial charge in [-0.2, -0.15) is 0 Å². The van der Waals surface area contributed by atoms with Gasteiger partial charge in [-0.3, -0.25) is 10.2 Å². The minimum absolute atomic E-state index is 0.129. The number of carbonyl (C=O) groups excluding carboxylic acids is 1. The standard InChI is InChI=1S/C21H26FN3O3/c1-3-27-21(26)15-24(2)19-7-4-5-8-20(19)25(16-23)13-6-14-28-18-11-9-17(22)10-12-18/h4-5,7-12,16,23H,3,6,13-15H2,1-2H3. The second kappa shape index (κ2) is 10.9. The van der Waals surface area contributed by atoms with Crippen molar-refractivity contribution in [2.24, 2.45) is 0 Å². The zero-order valence-corrected chi connectivity index (χ0v) is 16.2. The molecule has 0 atom stereocenters. The van der Waals surface area contributed by atoms with Gasteiger partial charge in [-0.25, -0.2) is 4.39 Å². The first-order valence-electron chi connectivity index (χ1n) is 9.16. The number of esters is 1. The van der Waals surface area contributed by atoms with Gasteiger partial charge in [0.25, 0.3) is 0 Å². The predicted molar refractivity (Wildman–Crippen MR) is 109 cm³/mol. The quantitative estimate of drug-likeness (QED) is 0.276. The summed E-state index contributed by atoms with van der Waals surface area (Å²) < 4.78 is 23.5. The Bertz CT molecular complexity index is 768. The molecule has 0 radical (unpaired) electrons. The Morgan fingerprint density at radius 1 is 1.14 bits per heavy atom. The summed E-state index contributed by atoms with van der Waals surface area (Å²) in [6, 6.07) is 13.5. The molecule has 0 fully saturated rings. The Morgan fingerprint density at radius 3 is 2.46 bits per heavy atom. The van der Waals surface area contributed by atoms with E-state index < -0.39 is 0 Å². The molecule has 0 spiro atoms. The van der Waals surface area contributed by atoms with Crippen LogP contribution in [0.5, 0.6) is 5.75 Å². The molecule has 0 aliphatic carbocycles. The first-order valence-corrected chi connectivity index (χ1v) is 9.16. The fraction of sp³-hybridized carbons (Fsp3) is 0.333. The molecule has 0 aromatic heterocycles. The van der Waals surface area contributed by atoms with Crippen molar-refractivity contribution < 1.29 is 18.7 Å². The van der Waals surface area contributed by atoms with Crippen LogP contribution in [0.4, 0.5) is 15.8 Å². The number of nitrogens with zero attached hydrogens (tertiary/aromatic N) is 2. The Hall–Kier alpha value is -3.09. The molecular formula is C21H26FN3O3. The molecule has 2 rings (SSSR count). The summed E-state index contributed by atoms with van der Waals surface area (Å²) in [6.45, 7) is 3.25. The van der Waals surface area contributed by atoms with Crippen molar-refractivity contribution in [1.29, 1.82) is 5.41 Å². The van der Waals surface area contributed by atoms with Crippen LogP contribution in [0, 0.1) is 11.2 Å². The third-order valence-electron chi connectivity index (χ3n) is 4.06. The molecule has 6 nitrogen and oxygen atoms in total. The summed E-state index contributed by atoms with van der Waals surface area (Å²) in [5.41, 5.74) is 1.66. The molecule has 0 saturated heterocycles. The highest BCUT2D eigenvalue weighted by molar-refractivity contribution is 5.86. The van der Waals surface area contributed by atoms with Crippen molar-refractivity contribution in [3.63, 3.8) is 0 Å². The lowest BCUT2D eigenvalue weighted by Gasteiger charge is -2.27. The van der Waals surface area contributed by atoms with Gasteiger partial charge in [0.05, 0.1) is 30.9 Å². The van der Waals surface area contributed by atoms with Crippen LogP contribution in [0.1, 0.15) is 13.3 Å². The second-order valence-electron chi connectivity index (χ2n) is 6.13. The topological polar surface area (TPSA) is 65.9 Å². The van der Waals surface area contributed by atoms with E-state index in [-0.39, 0.29) is 18.3 Å².